The molecule has 0 unspecified atom stereocenters. The summed E-state index contributed by atoms with van der Waals surface area (Å²) in [5.41, 5.74) is 5.51. The molecule has 8 nitrogen and oxygen atoms in total. The molecule has 0 atom stereocenters. The average Bonchev–Trinajstić information content (AvgIpc) is 3.38. The van der Waals surface area contributed by atoms with Gasteiger partial charge in [-0.1, -0.05) is 0 Å². The molecule has 2 aliphatic rings. The Balaban J connectivity index is 0.00000243. The summed E-state index contributed by atoms with van der Waals surface area (Å²) in [6.45, 7) is 0.856. The van der Waals surface area contributed by atoms with Crippen molar-refractivity contribution >= 4 is 34.0 Å². The zero-order chi connectivity index (χ0) is 18.1. The van der Waals surface area contributed by atoms with Crippen LogP contribution in [0.5, 0.6) is 5.75 Å². The molecule has 1 amide bonds. The van der Waals surface area contributed by atoms with E-state index in [1.54, 1.807) is 6.07 Å². The number of hydrogen-bond donors (Lipinski definition) is 3. The van der Waals surface area contributed by atoms with Crippen molar-refractivity contribution in [2.24, 2.45) is 5.73 Å². The molecule has 1 aliphatic carbocycles. The Morgan fingerprint density at radius 2 is 1.96 bits per heavy atom. The van der Waals surface area contributed by atoms with Crippen LogP contribution in [0.3, 0.4) is 0 Å². The van der Waals surface area contributed by atoms with Gasteiger partial charge in [-0.05, 0) is 43.9 Å². The van der Waals surface area contributed by atoms with E-state index in [0.717, 1.165) is 12.8 Å². The van der Waals surface area contributed by atoms with Crippen LogP contribution < -0.4 is 20.5 Å². The standard InChI is InChI=1S/C16H23N3O5S.ClH/c1-23-13-5-4-12(10-14(13)25(21,22)19-11-2-3-11)18-15(20)16(17)6-8-24-9-7-16;/h4-5,10-11,19H,2-3,6-9,17H2,1H3,(H,18,20);1H. The maximum atomic E-state index is 12.5. The second-order valence-electron chi connectivity index (χ2n) is 6.48. The first-order valence-corrected chi connectivity index (χ1v) is 9.71. The van der Waals surface area contributed by atoms with Gasteiger partial charge < -0.3 is 20.5 Å². The molecular formula is C16H24ClN3O5S. The lowest BCUT2D eigenvalue weighted by Crippen LogP contribution is -2.54. The number of carbonyl (C=O) groups is 1. The molecule has 0 radical (unpaired) electrons. The van der Waals surface area contributed by atoms with Crippen molar-refractivity contribution in [1.29, 1.82) is 0 Å². The van der Waals surface area contributed by atoms with Crippen LogP contribution in [0.2, 0.25) is 0 Å². The lowest BCUT2D eigenvalue weighted by Gasteiger charge is -2.31. The molecule has 0 aromatic heterocycles. The molecule has 1 aromatic rings. The number of nitrogens with one attached hydrogen (secondary N) is 2. The number of anilines is 1. The van der Waals surface area contributed by atoms with Gasteiger partial charge in [0.1, 0.15) is 16.2 Å². The molecule has 0 bridgehead atoms. The van der Waals surface area contributed by atoms with Crippen LogP contribution in [0.25, 0.3) is 0 Å². The molecule has 3 rings (SSSR count). The SMILES string of the molecule is COc1ccc(NC(=O)C2(N)CCOCC2)cc1S(=O)(=O)NC1CC1.Cl. The van der Waals surface area contributed by atoms with E-state index in [9.17, 15) is 13.2 Å². The number of carbonyl (C=O) groups excluding carboxylic acids is 1. The van der Waals surface area contributed by atoms with E-state index in [2.05, 4.69) is 10.0 Å². The maximum absolute atomic E-state index is 12.5. The smallest absolute Gasteiger partial charge is 0.244 e. The van der Waals surface area contributed by atoms with Crippen molar-refractivity contribution in [2.45, 2.75) is 42.2 Å². The molecule has 1 aliphatic heterocycles. The van der Waals surface area contributed by atoms with E-state index in [0.29, 0.717) is 31.7 Å². The number of amides is 1. The van der Waals surface area contributed by atoms with E-state index >= 15 is 0 Å². The molecule has 10 heteroatoms. The van der Waals surface area contributed by atoms with Crippen LogP contribution in [0.15, 0.2) is 23.1 Å². The molecule has 146 valence electrons. The number of sulfonamides is 1. The van der Waals surface area contributed by atoms with Gasteiger partial charge in [0, 0.05) is 24.9 Å². The normalized spacial score (nSPS) is 19.3. The second kappa shape index (κ2) is 8.10. The molecule has 0 spiro atoms. The quantitative estimate of drug-likeness (QED) is 0.649. The molecular weight excluding hydrogens is 382 g/mol. The van der Waals surface area contributed by atoms with Gasteiger partial charge in [-0.25, -0.2) is 13.1 Å². The first-order chi connectivity index (χ1) is 11.8. The average molecular weight is 406 g/mol. The van der Waals surface area contributed by atoms with Gasteiger partial charge in [0.05, 0.1) is 7.11 Å². The van der Waals surface area contributed by atoms with Gasteiger partial charge in [-0.2, -0.15) is 0 Å². The third-order valence-corrected chi connectivity index (χ3v) is 5.99. The van der Waals surface area contributed by atoms with Crippen LogP contribution in [-0.2, 0) is 19.6 Å². The van der Waals surface area contributed by atoms with Crippen molar-refractivity contribution in [3.8, 4) is 5.75 Å². The third-order valence-electron chi connectivity index (χ3n) is 4.45. The van der Waals surface area contributed by atoms with E-state index in [1.807, 2.05) is 0 Å². The summed E-state index contributed by atoms with van der Waals surface area (Å²) in [5, 5.41) is 2.72. The van der Waals surface area contributed by atoms with Crippen molar-refractivity contribution in [3.05, 3.63) is 18.2 Å². The molecule has 2 fully saturated rings. The van der Waals surface area contributed by atoms with E-state index in [-0.39, 0.29) is 35.0 Å². The molecule has 1 aromatic carbocycles. The molecule has 26 heavy (non-hydrogen) atoms. The Morgan fingerprint density at radius 3 is 2.54 bits per heavy atom. The lowest BCUT2D eigenvalue weighted by atomic mass is 9.90. The summed E-state index contributed by atoms with van der Waals surface area (Å²) < 4.78 is 38.0. The highest BCUT2D eigenvalue weighted by molar-refractivity contribution is 7.89. The van der Waals surface area contributed by atoms with Crippen molar-refractivity contribution in [1.82, 2.24) is 4.72 Å². The monoisotopic (exact) mass is 405 g/mol. The fourth-order valence-electron chi connectivity index (χ4n) is 2.67. The largest absolute Gasteiger partial charge is 0.495 e. The summed E-state index contributed by atoms with van der Waals surface area (Å²) >= 11 is 0. The number of halogens is 1. The summed E-state index contributed by atoms with van der Waals surface area (Å²) in [6, 6.07) is 4.48. The Hall–Kier alpha value is -1.39. The van der Waals surface area contributed by atoms with Crippen molar-refractivity contribution < 1.29 is 22.7 Å². The van der Waals surface area contributed by atoms with Gasteiger partial charge in [0.15, 0.2) is 0 Å². The number of ether oxygens (including phenoxy) is 2. The van der Waals surface area contributed by atoms with Gasteiger partial charge in [0.2, 0.25) is 15.9 Å². The van der Waals surface area contributed by atoms with E-state index in [4.69, 9.17) is 15.2 Å². The van der Waals surface area contributed by atoms with Crippen molar-refractivity contribution in [2.75, 3.05) is 25.6 Å². The highest BCUT2D eigenvalue weighted by Crippen LogP contribution is 2.30. The minimum Gasteiger partial charge on any atom is -0.495 e. The highest BCUT2D eigenvalue weighted by Gasteiger charge is 2.36. The molecule has 1 saturated heterocycles. The Kier molecular flexibility index (Phi) is 6.51. The fraction of sp³-hybridized carbons (Fsp3) is 0.562. The zero-order valence-electron chi connectivity index (χ0n) is 14.5. The first kappa shape index (κ1) is 20.9. The van der Waals surface area contributed by atoms with Gasteiger partial charge in [0.25, 0.3) is 0 Å². The summed E-state index contributed by atoms with van der Waals surface area (Å²) in [5.74, 6) is -0.126. The first-order valence-electron chi connectivity index (χ1n) is 8.22. The van der Waals surface area contributed by atoms with Crippen LogP contribution in [0, 0.1) is 0 Å². The van der Waals surface area contributed by atoms with Crippen LogP contribution in [0.4, 0.5) is 5.69 Å². The Labute approximate surface area is 159 Å². The zero-order valence-corrected chi connectivity index (χ0v) is 16.1. The predicted molar refractivity (Wildman–Crippen MR) is 99.2 cm³/mol. The minimum atomic E-state index is -3.72. The topological polar surface area (TPSA) is 120 Å². The third kappa shape index (κ3) is 4.66. The maximum Gasteiger partial charge on any atom is 0.244 e. The molecule has 1 saturated carbocycles. The lowest BCUT2D eigenvalue weighted by molar-refractivity contribution is -0.124. The fourth-order valence-corrected chi connectivity index (χ4v) is 4.17. The van der Waals surface area contributed by atoms with Crippen LogP contribution in [-0.4, -0.2) is 46.2 Å². The minimum absolute atomic E-state index is 0. The number of hydrogen-bond acceptors (Lipinski definition) is 6. The van der Waals surface area contributed by atoms with Gasteiger partial charge in [-0.15, -0.1) is 12.4 Å². The van der Waals surface area contributed by atoms with Crippen LogP contribution >= 0.6 is 12.4 Å². The van der Waals surface area contributed by atoms with Crippen LogP contribution in [0.1, 0.15) is 25.7 Å². The number of rotatable bonds is 6. The van der Waals surface area contributed by atoms with Gasteiger partial charge in [-0.3, -0.25) is 4.79 Å². The predicted octanol–water partition coefficient (Wildman–Crippen LogP) is 1.00. The molecule has 4 N–H and O–H groups in total. The van der Waals surface area contributed by atoms with E-state index < -0.39 is 15.6 Å². The summed E-state index contributed by atoms with van der Waals surface area (Å²) in [7, 11) is -2.31. The number of methoxy groups -OCH3 is 1. The molecule has 1 heterocycles. The Bertz CT molecular complexity index is 761. The van der Waals surface area contributed by atoms with Gasteiger partial charge >= 0.3 is 0 Å². The summed E-state index contributed by atoms with van der Waals surface area (Å²) in [4.78, 5) is 12.5. The Morgan fingerprint density at radius 1 is 1.31 bits per heavy atom. The summed E-state index contributed by atoms with van der Waals surface area (Å²) in [6.07, 6.45) is 2.50. The number of benzene rings is 1. The van der Waals surface area contributed by atoms with Crippen molar-refractivity contribution in [3.63, 3.8) is 0 Å². The highest BCUT2D eigenvalue weighted by atomic mass is 35.5. The number of nitrogens with two attached hydrogens (primary N) is 1. The second-order valence-corrected chi connectivity index (χ2v) is 8.17. The van der Waals surface area contributed by atoms with E-state index in [1.165, 1.54) is 19.2 Å².